The molecule has 0 aliphatic rings. The topological polar surface area (TPSA) is 66.4 Å². The first-order valence-corrected chi connectivity index (χ1v) is 9.41. The van der Waals surface area contributed by atoms with E-state index in [0.29, 0.717) is 21.6 Å². The number of hydrogen-bond donors (Lipinski definition) is 2. The van der Waals surface area contributed by atoms with Crippen molar-refractivity contribution in [2.45, 2.75) is 17.9 Å². The molecule has 0 aromatic carbocycles. The van der Waals surface area contributed by atoms with Crippen molar-refractivity contribution in [3.8, 4) is 0 Å². The Morgan fingerprint density at radius 1 is 1.37 bits per heavy atom. The van der Waals surface area contributed by atoms with Crippen molar-refractivity contribution in [3.63, 3.8) is 0 Å². The van der Waals surface area contributed by atoms with Crippen LogP contribution in [0.5, 0.6) is 0 Å². The Labute approximate surface area is 128 Å². The van der Waals surface area contributed by atoms with E-state index in [4.69, 9.17) is 5.11 Å². The van der Waals surface area contributed by atoms with Gasteiger partial charge in [0.1, 0.15) is 4.90 Å². The van der Waals surface area contributed by atoms with Gasteiger partial charge in [0.2, 0.25) is 10.0 Å². The average molecular weight is 382 g/mol. The first-order valence-electron chi connectivity index (χ1n) is 5.44. The number of halogens is 1. The standard InChI is InChI=1S/C11H12BrNO3S3/c12-11-10(6-9(7-14)18-11)19(15,16)13-4-3-8-2-1-5-17-8/h1-2,5-6,13-14H,3-4,7H2. The zero-order chi connectivity index (χ0) is 13.9. The summed E-state index contributed by atoms with van der Waals surface area (Å²) in [5.74, 6) is 0. The highest BCUT2D eigenvalue weighted by molar-refractivity contribution is 9.11. The van der Waals surface area contributed by atoms with E-state index in [0.717, 1.165) is 4.88 Å². The first-order chi connectivity index (χ1) is 9.03. The van der Waals surface area contributed by atoms with Gasteiger partial charge >= 0.3 is 0 Å². The molecule has 0 aliphatic heterocycles. The Bertz CT molecular complexity index is 634. The highest BCUT2D eigenvalue weighted by Crippen LogP contribution is 2.31. The molecule has 2 aromatic heterocycles. The van der Waals surface area contributed by atoms with Gasteiger partial charge in [0.05, 0.1) is 10.4 Å². The third-order valence-electron chi connectivity index (χ3n) is 2.40. The molecule has 0 fully saturated rings. The van der Waals surface area contributed by atoms with Crippen LogP contribution in [0.15, 0.2) is 32.3 Å². The van der Waals surface area contributed by atoms with Crippen LogP contribution in [-0.2, 0) is 23.1 Å². The highest BCUT2D eigenvalue weighted by atomic mass is 79.9. The van der Waals surface area contributed by atoms with Gasteiger partial charge in [-0.3, -0.25) is 0 Å². The van der Waals surface area contributed by atoms with Gasteiger partial charge in [0.25, 0.3) is 0 Å². The van der Waals surface area contributed by atoms with Gasteiger partial charge in [-0.2, -0.15) is 0 Å². The summed E-state index contributed by atoms with van der Waals surface area (Å²) in [7, 11) is -3.53. The maximum atomic E-state index is 12.1. The van der Waals surface area contributed by atoms with Crippen LogP contribution < -0.4 is 4.72 Å². The van der Waals surface area contributed by atoms with Crippen molar-refractivity contribution >= 4 is 48.6 Å². The number of sulfonamides is 1. The number of hydrogen-bond acceptors (Lipinski definition) is 5. The monoisotopic (exact) mass is 381 g/mol. The predicted molar refractivity (Wildman–Crippen MR) is 81.2 cm³/mol. The van der Waals surface area contributed by atoms with Crippen LogP contribution in [0.3, 0.4) is 0 Å². The van der Waals surface area contributed by atoms with E-state index in [2.05, 4.69) is 20.7 Å². The lowest BCUT2D eigenvalue weighted by Crippen LogP contribution is -2.25. The SMILES string of the molecule is O=S(=O)(NCCc1cccs1)c1cc(CO)sc1Br. The van der Waals surface area contributed by atoms with Gasteiger partial charge in [-0.1, -0.05) is 6.07 Å². The summed E-state index contributed by atoms with van der Waals surface area (Å²) in [5, 5.41) is 11.0. The number of thiophene rings is 2. The second kappa shape index (κ2) is 6.47. The molecule has 2 aromatic rings. The van der Waals surface area contributed by atoms with E-state index >= 15 is 0 Å². The van der Waals surface area contributed by atoms with Crippen molar-refractivity contribution in [2.75, 3.05) is 6.54 Å². The maximum absolute atomic E-state index is 12.1. The molecule has 0 aliphatic carbocycles. The fraction of sp³-hybridized carbons (Fsp3) is 0.273. The van der Waals surface area contributed by atoms with E-state index in [1.807, 2.05) is 17.5 Å². The van der Waals surface area contributed by atoms with Crippen LogP contribution in [0.2, 0.25) is 0 Å². The summed E-state index contributed by atoms with van der Waals surface area (Å²) in [5.41, 5.74) is 0. The van der Waals surface area contributed by atoms with Crippen molar-refractivity contribution in [2.24, 2.45) is 0 Å². The third kappa shape index (κ3) is 3.87. The molecule has 104 valence electrons. The fourth-order valence-electron chi connectivity index (χ4n) is 1.50. The first kappa shape index (κ1) is 15.1. The summed E-state index contributed by atoms with van der Waals surface area (Å²) in [6.07, 6.45) is 0.672. The quantitative estimate of drug-likeness (QED) is 0.807. The molecule has 0 spiro atoms. The van der Waals surface area contributed by atoms with Gasteiger partial charge in [0.15, 0.2) is 0 Å². The Hall–Kier alpha value is -0.250. The van der Waals surface area contributed by atoms with Crippen LogP contribution >= 0.6 is 38.6 Å². The number of aliphatic hydroxyl groups excluding tert-OH is 1. The predicted octanol–water partition coefficient (Wildman–Crippen LogP) is 2.59. The molecule has 2 heterocycles. The van der Waals surface area contributed by atoms with Crippen LogP contribution in [0.25, 0.3) is 0 Å². The zero-order valence-electron chi connectivity index (χ0n) is 9.80. The smallest absolute Gasteiger partial charge is 0.242 e. The van der Waals surface area contributed by atoms with Crippen molar-refractivity contribution in [1.82, 2.24) is 4.72 Å². The maximum Gasteiger partial charge on any atom is 0.242 e. The second-order valence-corrected chi connectivity index (χ2v) is 8.96. The molecule has 0 saturated carbocycles. The Kier molecular flexibility index (Phi) is 5.15. The minimum atomic E-state index is -3.53. The van der Waals surface area contributed by atoms with E-state index < -0.39 is 10.0 Å². The summed E-state index contributed by atoms with van der Waals surface area (Å²) in [6.45, 7) is 0.202. The molecule has 0 saturated heterocycles. The second-order valence-electron chi connectivity index (χ2n) is 3.74. The van der Waals surface area contributed by atoms with E-state index in [1.54, 1.807) is 11.3 Å². The summed E-state index contributed by atoms with van der Waals surface area (Å²) in [6, 6.07) is 5.41. The molecule has 0 radical (unpaired) electrons. The van der Waals surface area contributed by atoms with Crippen molar-refractivity contribution < 1.29 is 13.5 Å². The van der Waals surface area contributed by atoms with Crippen molar-refractivity contribution in [1.29, 1.82) is 0 Å². The number of nitrogens with one attached hydrogen (secondary N) is 1. The Morgan fingerprint density at radius 2 is 2.16 bits per heavy atom. The zero-order valence-corrected chi connectivity index (χ0v) is 13.8. The van der Waals surface area contributed by atoms with Crippen LogP contribution in [0.1, 0.15) is 9.75 Å². The minimum Gasteiger partial charge on any atom is -0.391 e. The molecule has 0 atom stereocenters. The lowest BCUT2D eigenvalue weighted by molar-refractivity contribution is 0.285. The van der Waals surface area contributed by atoms with E-state index in [1.165, 1.54) is 17.4 Å². The normalized spacial score (nSPS) is 11.9. The number of rotatable bonds is 6. The minimum absolute atomic E-state index is 0.159. The molecule has 19 heavy (non-hydrogen) atoms. The molecule has 8 heteroatoms. The summed E-state index contributed by atoms with van der Waals surface area (Å²) < 4.78 is 27.3. The third-order valence-corrected chi connectivity index (χ3v) is 7.03. The van der Waals surface area contributed by atoms with Gasteiger partial charge in [0, 0.05) is 16.3 Å². The Balaban J connectivity index is 2.03. The van der Waals surface area contributed by atoms with Crippen molar-refractivity contribution in [3.05, 3.63) is 37.1 Å². The average Bonchev–Trinajstić information content (AvgIpc) is 2.98. The Morgan fingerprint density at radius 3 is 2.74 bits per heavy atom. The molecular weight excluding hydrogens is 370 g/mol. The summed E-state index contributed by atoms with van der Waals surface area (Å²) >= 11 is 6.04. The number of aliphatic hydroxyl groups is 1. The highest BCUT2D eigenvalue weighted by Gasteiger charge is 2.20. The molecule has 2 rings (SSSR count). The lowest BCUT2D eigenvalue weighted by Gasteiger charge is -2.04. The van der Waals surface area contributed by atoms with Gasteiger partial charge in [-0.15, -0.1) is 22.7 Å². The molecular formula is C11H12BrNO3S3. The molecule has 0 amide bonds. The van der Waals surface area contributed by atoms with Crippen LogP contribution in [0, 0.1) is 0 Å². The van der Waals surface area contributed by atoms with Crippen LogP contribution in [0.4, 0.5) is 0 Å². The van der Waals surface area contributed by atoms with Gasteiger partial charge < -0.3 is 5.11 Å². The fourth-order valence-corrected chi connectivity index (χ4v) is 5.78. The molecule has 0 bridgehead atoms. The van der Waals surface area contributed by atoms with E-state index in [-0.39, 0.29) is 11.5 Å². The molecule has 4 nitrogen and oxygen atoms in total. The van der Waals surface area contributed by atoms with Gasteiger partial charge in [-0.25, -0.2) is 13.1 Å². The lowest BCUT2D eigenvalue weighted by atomic mass is 10.3. The van der Waals surface area contributed by atoms with E-state index in [9.17, 15) is 8.42 Å². The summed E-state index contributed by atoms with van der Waals surface area (Å²) in [4.78, 5) is 1.95. The molecule has 0 unspecified atom stereocenters. The van der Waals surface area contributed by atoms with Gasteiger partial charge in [-0.05, 0) is 39.9 Å². The largest absolute Gasteiger partial charge is 0.391 e. The molecule has 2 N–H and O–H groups in total. The van der Waals surface area contributed by atoms with Crippen LogP contribution in [-0.4, -0.2) is 20.1 Å².